The fourth-order valence-electron chi connectivity index (χ4n) is 2.21. The Balaban J connectivity index is 1.84. The third-order valence-electron chi connectivity index (χ3n) is 3.44. The molecule has 26 heavy (non-hydrogen) atoms. The smallest absolute Gasteiger partial charge is 0.191 e. The van der Waals surface area contributed by atoms with Crippen molar-refractivity contribution >= 4 is 5.96 Å². The van der Waals surface area contributed by atoms with Crippen molar-refractivity contribution in [3.63, 3.8) is 0 Å². The Labute approximate surface area is 152 Å². The molecular weight excluding hydrogens is 340 g/mol. The van der Waals surface area contributed by atoms with Crippen LogP contribution in [0.5, 0.6) is 11.5 Å². The first-order valence-electron chi connectivity index (χ1n) is 8.35. The van der Waals surface area contributed by atoms with E-state index in [1.165, 1.54) is 6.07 Å². The number of rotatable bonds is 8. The Morgan fingerprint density at radius 2 is 1.96 bits per heavy atom. The van der Waals surface area contributed by atoms with E-state index >= 15 is 0 Å². The molecule has 0 aliphatic rings. The van der Waals surface area contributed by atoms with E-state index in [1.807, 2.05) is 31.2 Å². The number of aliphatic imine (C=N–C) groups is 1. The van der Waals surface area contributed by atoms with Crippen molar-refractivity contribution in [1.29, 1.82) is 0 Å². The number of nitrogens with zero attached hydrogens (tertiary/aromatic N) is 1. The summed E-state index contributed by atoms with van der Waals surface area (Å²) in [5.41, 5.74) is 1.02. The Hall–Kier alpha value is -2.83. The van der Waals surface area contributed by atoms with Gasteiger partial charge in [-0.05, 0) is 36.8 Å². The van der Waals surface area contributed by atoms with Crippen molar-refractivity contribution in [2.45, 2.75) is 13.5 Å². The summed E-state index contributed by atoms with van der Waals surface area (Å²) in [6.45, 7) is 3.79. The Kier molecular flexibility index (Phi) is 7.67. The van der Waals surface area contributed by atoms with Gasteiger partial charge in [0, 0.05) is 12.6 Å². The molecule has 0 atom stereocenters. The van der Waals surface area contributed by atoms with Crippen LogP contribution in [0.15, 0.2) is 47.5 Å². The van der Waals surface area contributed by atoms with E-state index in [2.05, 4.69) is 15.6 Å². The molecule has 0 spiro atoms. The van der Waals surface area contributed by atoms with E-state index in [4.69, 9.17) is 9.47 Å². The maximum Gasteiger partial charge on any atom is 0.191 e. The maximum atomic E-state index is 13.5. The number of ether oxygens (including phenoxy) is 2. The topological polar surface area (TPSA) is 54.9 Å². The molecule has 0 saturated heterocycles. The van der Waals surface area contributed by atoms with Gasteiger partial charge in [0.1, 0.15) is 18.2 Å². The molecule has 140 valence electrons. The third-order valence-corrected chi connectivity index (χ3v) is 3.44. The van der Waals surface area contributed by atoms with Crippen LogP contribution in [0, 0.1) is 11.6 Å². The molecule has 7 heteroatoms. The molecule has 5 nitrogen and oxygen atoms in total. The molecule has 0 heterocycles. The highest BCUT2D eigenvalue weighted by atomic mass is 19.1. The van der Waals surface area contributed by atoms with Gasteiger partial charge in [-0.2, -0.15) is 0 Å². The molecule has 0 radical (unpaired) electrons. The Morgan fingerprint density at radius 3 is 2.69 bits per heavy atom. The fraction of sp³-hybridized carbons (Fsp3) is 0.316. The van der Waals surface area contributed by atoms with Crippen LogP contribution in [0.25, 0.3) is 0 Å². The van der Waals surface area contributed by atoms with Gasteiger partial charge >= 0.3 is 0 Å². The minimum atomic E-state index is -0.719. The lowest BCUT2D eigenvalue weighted by Crippen LogP contribution is -2.39. The highest BCUT2D eigenvalue weighted by molar-refractivity contribution is 5.79. The summed E-state index contributed by atoms with van der Waals surface area (Å²) in [5, 5.41) is 6.23. The molecule has 2 aromatic carbocycles. The van der Waals surface area contributed by atoms with Crippen LogP contribution in [0.1, 0.15) is 12.5 Å². The molecule has 0 bridgehead atoms. The van der Waals surface area contributed by atoms with E-state index < -0.39 is 11.6 Å². The first kappa shape index (κ1) is 19.5. The van der Waals surface area contributed by atoms with Crippen molar-refractivity contribution < 1.29 is 18.3 Å². The number of hydrogen-bond donors (Lipinski definition) is 2. The van der Waals surface area contributed by atoms with E-state index in [0.29, 0.717) is 25.6 Å². The standard InChI is InChI=1S/C19H23F2N3O2/c1-3-22-19(24-13-14-5-4-6-16(11-14)25-2)23-9-10-26-18-8-7-15(20)12-17(18)21/h4-8,11-12H,3,9-10,13H2,1-2H3,(H2,22,23,24). The molecule has 0 aromatic heterocycles. The number of benzene rings is 2. The monoisotopic (exact) mass is 363 g/mol. The van der Waals surface area contributed by atoms with Gasteiger partial charge in [0.15, 0.2) is 17.5 Å². The average Bonchev–Trinajstić information content (AvgIpc) is 2.64. The lowest BCUT2D eigenvalue weighted by molar-refractivity contribution is 0.304. The van der Waals surface area contributed by atoms with Crippen LogP contribution in [0.2, 0.25) is 0 Å². The normalized spacial score (nSPS) is 11.2. The lowest BCUT2D eigenvalue weighted by Gasteiger charge is -2.12. The molecule has 2 rings (SSSR count). The van der Waals surface area contributed by atoms with Gasteiger partial charge in [-0.15, -0.1) is 0 Å². The predicted molar refractivity (Wildman–Crippen MR) is 97.7 cm³/mol. The van der Waals surface area contributed by atoms with E-state index in [-0.39, 0.29) is 12.4 Å². The van der Waals surface area contributed by atoms with Gasteiger partial charge in [-0.1, -0.05) is 12.1 Å². The molecule has 2 N–H and O–H groups in total. The van der Waals surface area contributed by atoms with Crippen molar-refractivity contribution in [2.24, 2.45) is 4.99 Å². The summed E-state index contributed by atoms with van der Waals surface area (Å²) in [6.07, 6.45) is 0. The first-order chi connectivity index (χ1) is 12.6. The quantitative estimate of drug-likeness (QED) is 0.430. The predicted octanol–water partition coefficient (Wildman–Crippen LogP) is 3.11. The highest BCUT2D eigenvalue weighted by Crippen LogP contribution is 2.17. The number of halogens is 2. The average molecular weight is 363 g/mol. The zero-order chi connectivity index (χ0) is 18.8. The summed E-state index contributed by atoms with van der Waals surface area (Å²) < 4.78 is 36.9. The Bertz CT molecular complexity index is 738. The van der Waals surface area contributed by atoms with Crippen molar-refractivity contribution in [2.75, 3.05) is 26.8 Å². The molecule has 0 amide bonds. The number of nitrogens with one attached hydrogen (secondary N) is 2. The van der Waals surface area contributed by atoms with Gasteiger partial charge in [-0.25, -0.2) is 13.8 Å². The van der Waals surface area contributed by atoms with Crippen LogP contribution in [0.4, 0.5) is 8.78 Å². The van der Waals surface area contributed by atoms with Crippen LogP contribution in [-0.2, 0) is 6.54 Å². The van der Waals surface area contributed by atoms with E-state index in [1.54, 1.807) is 7.11 Å². The molecule has 2 aromatic rings. The number of guanidine groups is 1. The largest absolute Gasteiger partial charge is 0.497 e. The van der Waals surface area contributed by atoms with E-state index in [0.717, 1.165) is 23.4 Å². The van der Waals surface area contributed by atoms with Gasteiger partial charge in [0.2, 0.25) is 0 Å². The van der Waals surface area contributed by atoms with Gasteiger partial charge < -0.3 is 20.1 Å². The second kappa shape index (κ2) is 10.2. The van der Waals surface area contributed by atoms with Gasteiger partial charge in [0.25, 0.3) is 0 Å². The highest BCUT2D eigenvalue weighted by Gasteiger charge is 2.05. The molecule has 0 unspecified atom stereocenters. The zero-order valence-electron chi connectivity index (χ0n) is 14.9. The molecule has 0 fully saturated rings. The Morgan fingerprint density at radius 1 is 1.12 bits per heavy atom. The summed E-state index contributed by atoms with van der Waals surface area (Å²) in [7, 11) is 1.62. The summed E-state index contributed by atoms with van der Waals surface area (Å²) in [6, 6.07) is 10.9. The minimum Gasteiger partial charge on any atom is -0.497 e. The zero-order valence-corrected chi connectivity index (χ0v) is 14.9. The maximum absolute atomic E-state index is 13.5. The number of methoxy groups -OCH3 is 1. The third kappa shape index (κ3) is 6.23. The van der Waals surface area contributed by atoms with Gasteiger partial charge in [-0.3, -0.25) is 0 Å². The van der Waals surface area contributed by atoms with Gasteiger partial charge in [0.05, 0.1) is 20.2 Å². The molecule has 0 aliphatic carbocycles. The fourth-order valence-corrected chi connectivity index (χ4v) is 2.21. The molecule has 0 aliphatic heterocycles. The second-order valence-corrected chi connectivity index (χ2v) is 5.40. The van der Waals surface area contributed by atoms with Crippen molar-refractivity contribution in [3.8, 4) is 11.5 Å². The SMILES string of the molecule is CCNC(=NCc1cccc(OC)c1)NCCOc1ccc(F)cc1F. The summed E-state index contributed by atoms with van der Waals surface area (Å²) >= 11 is 0. The van der Waals surface area contributed by atoms with E-state index in [9.17, 15) is 8.78 Å². The first-order valence-corrected chi connectivity index (χ1v) is 8.35. The summed E-state index contributed by atoms with van der Waals surface area (Å²) in [4.78, 5) is 4.49. The second-order valence-electron chi connectivity index (χ2n) is 5.40. The number of hydrogen-bond acceptors (Lipinski definition) is 3. The molecular formula is C19H23F2N3O2. The van der Waals surface area contributed by atoms with Crippen LogP contribution in [-0.4, -0.2) is 32.8 Å². The van der Waals surface area contributed by atoms with Crippen LogP contribution in [0.3, 0.4) is 0 Å². The molecule has 0 saturated carbocycles. The van der Waals surface area contributed by atoms with Crippen molar-refractivity contribution in [1.82, 2.24) is 10.6 Å². The van der Waals surface area contributed by atoms with Crippen LogP contribution < -0.4 is 20.1 Å². The van der Waals surface area contributed by atoms with Crippen LogP contribution >= 0.6 is 0 Å². The van der Waals surface area contributed by atoms with Crippen molar-refractivity contribution in [3.05, 3.63) is 59.7 Å². The summed E-state index contributed by atoms with van der Waals surface area (Å²) in [5.74, 6) is 0.0751. The minimum absolute atomic E-state index is 0.0199. The lowest BCUT2D eigenvalue weighted by atomic mass is 10.2.